The highest BCUT2D eigenvalue weighted by molar-refractivity contribution is 8.00. The van der Waals surface area contributed by atoms with E-state index in [1.165, 1.54) is 6.33 Å². The SMILES string of the molecule is CC(C)Sc1ccccc1C(=O)NC(C)c1ccc(-n2cncn2)cc1. The molecule has 0 spiro atoms. The summed E-state index contributed by atoms with van der Waals surface area (Å²) in [6.07, 6.45) is 3.16. The Morgan fingerprint density at radius 2 is 1.81 bits per heavy atom. The number of nitrogens with one attached hydrogen (secondary N) is 1. The van der Waals surface area contributed by atoms with Gasteiger partial charge >= 0.3 is 0 Å². The van der Waals surface area contributed by atoms with Crippen molar-refractivity contribution in [2.24, 2.45) is 0 Å². The Hall–Kier alpha value is -2.60. The third kappa shape index (κ3) is 4.32. The summed E-state index contributed by atoms with van der Waals surface area (Å²) in [7, 11) is 0. The van der Waals surface area contributed by atoms with Crippen LogP contribution in [0.1, 0.15) is 42.7 Å². The normalized spacial score (nSPS) is 12.2. The molecule has 3 rings (SSSR count). The summed E-state index contributed by atoms with van der Waals surface area (Å²) < 4.78 is 1.70. The van der Waals surface area contributed by atoms with E-state index in [1.807, 2.05) is 55.5 Å². The van der Waals surface area contributed by atoms with E-state index < -0.39 is 0 Å². The van der Waals surface area contributed by atoms with Crippen molar-refractivity contribution in [3.8, 4) is 5.69 Å². The molecule has 0 fully saturated rings. The van der Waals surface area contributed by atoms with Gasteiger partial charge in [-0.1, -0.05) is 38.1 Å². The Morgan fingerprint density at radius 1 is 1.08 bits per heavy atom. The monoisotopic (exact) mass is 366 g/mol. The zero-order chi connectivity index (χ0) is 18.5. The predicted octanol–water partition coefficient (Wildman–Crippen LogP) is 4.26. The second kappa shape index (κ2) is 8.19. The smallest absolute Gasteiger partial charge is 0.252 e. The highest BCUT2D eigenvalue weighted by Crippen LogP contribution is 2.27. The molecule has 3 aromatic rings. The average molecular weight is 366 g/mol. The van der Waals surface area contributed by atoms with Crippen LogP contribution in [0.5, 0.6) is 0 Å². The number of rotatable bonds is 6. The van der Waals surface area contributed by atoms with Crippen LogP contribution in [0, 0.1) is 0 Å². The van der Waals surface area contributed by atoms with Gasteiger partial charge in [0.15, 0.2) is 0 Å². The van der Waals surface area contributed by atoms with Gasteiger partial charge in [-0.05, 0) is 36.8 Å². The van der Waals surface area contributed by atoms with Gasteiger partial charge in [0.1, 0.15) is 12.7 Å². The van der Waals surface area contributed by atoms with Gasteiger partial charge in [0.05, 0.1) is 17.3 Å². The first-order chi connectivity index (χ1) is 12.5. The van der Waals surface area contributed by atoms with E-state index in [-0.39, 0.29) is 11.9 Å². The Balaban J connectivity index is 1.72. The molecule has 26 heavy (non-hydrogen) atoms. The molecule has 0 aliphatic heterocycles. The lowest BCUT2D eigenvalue weighted by Crippen LogP contribution is -2.27. The van der Waals surface area contributed by atoms with Crippen molar-refractivity contribution < 1.29 is 4.79 Å². The zero-order valence-electron chi connectivity index (χ0n) is 15.1. The first-order valence-electron chi connectivity index (χ1n) is 8.56. The summed E-state index contributed by atoms with van der Waals surface area (Å²) in [5, 5.41) is 7.63. The Kier molecular flexibility index (Phi) is 5.73. The van der Waals surface area contributed by atoms with Crippen LogP contribution in [-0.4, -0.2) is 25.9 Å². The fraction of sp³-hybridized carbons (Fsp3) is 0.250. The minimum Gasteiger partial charge on any atom is -0.345 e. The molecule has 2 aromatic carbocycles. The summed E-state index contributed by atoms with van der Waals surface area (Å²) in [5.74, 6) is -0.0541. The Morgan fingerprint density at radius 3 is 2.46 bits per heavy atom. The Labute approximate surface area is 157 Å². The van der Waals surface area contributed by atoms with Crippen molar-refractivity contribution in [3.05, 3.63) is 72.3 Å². The number of aromatic nitrogens is 3. The maximum Gasteiger partial charge on any atom is 0.252 e. The summed E-state index contributed by atoms with van der Waals surface area (Å²) in [5.41, 5.74) is 2.69. The van der Waals surface area contributed by atoms with Gasteiger partial charge in [0.2, 0.25) is 0 Å². The fourth-order valence-corrected chi connectivity index (χ4v) is 3.58. The molecule has 6 heteroatoms. The largest absolute Gasteiger partial charge is 0.345 e. The van der Waals surface area contributed by atoms with Crippen molar-refractivity contribution in [1.82, 2.24) is 20.1 Å². The molecule has 0 saturated heterocycles. The molecule has 1 unspecified atom stereocenters. The molecule has 1 aromatic heterocycles. The number of amides is 1. The first-order valence-corrected chi connectivity index (χ1v) is 9.44. The van der Waals surface area contributed by atoms with Crippen LogP contribution in [0.3, 0.4) is 0 Å². The van der Waals surface area contributed by atoms with E-state index in [0.29, 0.717) is 5.25 Å². The van der Waals surface area contributed by atoms with Crippen molar-refractivity contribution in [2.45, 2.75) is 37.0 Å². The number of carbonyl (C=O) groups excluding carboxylic acids is 1. The molecule has 0 radical (unpaired) electrons. The maximum atomic E-state index is 12.7. The molecule has 1 heterocycles. The van der Waals surface area contributed by atoms with E-state index in [0.717, 1.165) is 21.7 Å². The van der Waals surface area contributed by atoms with Gasteiger partial charge < -0.3 is 5.32 Å². The van der Waals surface area contributed by atoms with Crippen molar-refractivity contribution in [1.29, 1.82) is 0 Å². The van der Waals surface area contributed by atoms with Crippen molar-refractivity contribution in [3.63, 3.8) is 0 Å². The second-order valence-corrected chi connectivity index (χ2v) is 7.91. The molecule has 1 amide bonds. The van der Waals surface area contributed by atoms with E-state index >= 15 is 0 Å². The van der Waals surface area contributed by atoms with Crippen molar-refractivity contribution >= 4 is 17.7 Å². The lowest BCUT2D eigenvalue weighted by atomic mass is 10.1. The number of nitrogens with zero attached hydrogens (tertiary/aromatic N) is 3. The number of hydrogen-bond acceptors (Lipinski definition) is 4. The minimum absolute atomic E-state index is 0.0541. The molecule has 5 nitrogen and oxygen atoms in total. The predicted molar refractivity (Wildman–Crippen MR) is 105 cm³/mol. The fourth-order valence-electron chi connectivity index (χ4n) is 2.63. The maximum absolute atomic E-state index is 12.7. The lowest BCUT2D eigenvalue weighted by Gasteiger charge is -2.17. The topological polar surface area (TPSA) is 59.8 Å². The number of hydrogen-bond donors (Lipinski definition) is 1. The number of benzene rings is 2. The van der Waals surface area contributed by atoms with Crippen LogP contribution in [0.2, 0.25) is 0 Å². The molecule has 1 N–H and O–H groups in total. The highest BCUT2D eigenvalue weighted by Gasteiger charge is 2.15. The van der Waals surface area contributed by atoms with E-state index in [1.54, 1.807) is 22.8 Å². The molecule has 0 aliphatic rings. The van der Waals surface area contributed by atoms with Crippen LogP contribution >= 0.6 is 11.8 Å². The zero-order valence-corrected chi connectivity index (χ0v) is 15.9. The number of carbonyl (C=O) groups is 1. The third-order valence-corrected chi connectivity index (χ3v) is 5.00. The molecule has 1 atom stereocenters. The standard InChI is InChI=1S/C20H22N4OS/c1-14(2)26-19-7-5-4-6-18(19)20(25)23-15(3)16-8-10-17(11-9-16)24-13-21-12-22-24/h4-15H,1-3H3,(H,23,25). The quantitative estimate of drug-likeness (QED) is 0.662. The Bertz CT molecular complexity index is 860. The minimum atomic E-state index is -0.0931. The van der Waals surface area contributed by atoms with E-state index in [2.05, 4.69) is 29.2 Å². The lowest BCUT2D eigenvalue weighted by molar-refractivity contribution is 0.0937. The van der Waals surface area contributed by atoms with Gasteiger partial charge in [0, 0.05) is 10.1 Å². The van der Waals surface area contributed by atoms with Crippen LogP contribution < -0.4 is 5.32 Å². The molecule has 0 saturated carbocycles. The summed E-state index contributed by atoms with van der Waals surface area (Å²) >= 11 is 1.70. The third-order valence-electron chi connectivity index (χ3n) is 3.92. The van der Waals surface area contributed by atoms with Gasteiger partial charge in [-0.25, -0.2) is 9.67 Å². The first kappa shape index (κ1) is 18.2. The van der Waals surface area contributed by atoms with Crippen LogP contribution in [0.15, 0.2) is 66.1 Å². The molecular weight excluding hydrogens is 344 g/mol. The van der Waals surface area contributed by atoms with Gasteiger partial charge in [0.25, 0.3) is 5.91 Å². The van der Waals surface area contributed by atoms with E-state index in [9.17, 15) is 4.79 Å². The number of thioether (sulfide) groups is 1. The van der Waals surface area contributed by atoms with Gasteiger partial charge in [-0.15, -0.1) is 11.8 Å². The molecule has 0 aliphatic carbocycles. The second-order valence-electron chi connectivity index (χ2n) is 6.29. The van der Waals surface area contributed by atoms with Crippen molar-refractivity contribution in [2.75, 3.05) is 0 Å². The summed E-state index contributed by atoms with van der Waals surface area (Å²) in [4.78, 5) is 17.7. The summed E-state index contributed by atoms with van der Waals surface area (Å²) in [6.45, 7) is 6.23. The molecular formula is C20H22N4OS. The average Bonchev–Trinajstić information content (AvgIpc) is 3.16. The van der Waals surface area contributed by atoms with Crippen LogP contribution in [0.25, 0.3) is 5.69 Å². The highest BCUT2D eigenvalue weighted by atomic mass is 32.2. The van der Waals surface area contributed by atoms with Gasteiger partial charge in [-0.3, -0.25) is 4.79 Å². The van der Waals surface area contributed by atoms with Crippen LogP contribution in [-0.2, 0) is 0 Å². The molecule has 0 bridgehead atoms. The summed E-state index contributed by atoms with van der Waals surface area (Å²) in [6, 6.07) is 15.6. The van der Waals surface area contributed by atoms with E-state index in [4.69, 9.17) is 0 Å². The molecule has 134 valence electrons. The van der Waals surface area contributed by atoms with Crippen LogP contribution in [0.4, 0.5) is 0 Å². The van der Waals surface area contributed by atoms with Gasteiger partial charge in [-0.2, -0.15) is 5.10 Å².